The molecular weight excluding hydrogens is 380 g/mol. The van der Waals surface area contributed by atoms with Gasteiger partial charge in [0.15, 0.2) is 0 Å². The summed E-state index contributed by atoms with van der Waals surface area (Å²) >= 11 is 3.67. The van der Waals surface area contributed by atoms with Gasteiger partial charge < -0.3 is 9.84 Å². The third-order valence-electron chi connectivity index (χ3n) is 4.41. The van der Waals surface area contributed by atoms with Crippen molar-refractivity contribution in [3.63, 3.8) is 0 Å². The number of ether oxygens (including phenoxy) is 1. The Bertz CT molecular complexity index is 585. The number of para-hydroxylation sites is 1. The summed E-state index contributed by atoms with van der Waals surface area (Å²) < 4.78 is 5.45. The highest BCUT2D eigenvalue weighted by atomic mass is 32.2. The van der Waals surface area contributed by atoms with Crippen LogP contribution in [0.25, 0.3) is 0 Å². The van der Waals surface area contributed by atoms with E-state index in [0.717, 1.165) is 35.9 Å². The summed E-state index contributed by atoms with van der Waals surface area (Å²) in [6, 6.07) is 9.18. The molecule has 0 bridgehead atoms. The number of thioether (sulfide) groups is 2. The average Bonchev–Trinajstić information content (AvgIpc) is 2.60. The molecule has 0 amide bonds. The maximum Gasteiger partial charge on any atom is 0.316 e. The minimum Gasteiger partial charge on any atom is -0.481 e. The Labute approximate surface area is 171 Å². The predicted octanol–water partition coefficient (Wildman–Crippen LogP) is 5.37. The van der Waals surface area contributed by atoms with Gasteiger partial charge in [-0.25, -0.2) is 0 Å². The molecule has 0 atom stereocenters. The zero-order chi connectivity index (χ0) is 20.3. The van der Waals surface area contributed by atoms with Gasteiger partial charge in [-0.2, -0.15) is 23.5 Å². The summed E-state index contributed by atoms with van der Waals surface area (Å²) in [7, 11) is 0. The molecule has 0 saturated carbocycles. The minimum absolute atomic E-state index is 0.189. The van der Waals surface area contributed by atoms with E-state index in [1.54, 1.807) is 26.0 Å². The molecule has 0 fully saturated rings. The lowest BCUT2D eigenvalue weighted by atomic mass is 9.90. The number of hydrogen-bond acceptors (Lipinski definition) is 5. The summed E-state index contributed by atoms with van der Waals surface area (Å²) in [5.74, 6) is 3.57. The van der Waals surface area contributed by atoms with Crippen molar-refractivity contribution in [2.45, 2.75) is 47.0 Å². The van der Waals surface area contributed by atoms with Crippen molar-refractivity contribution in [2.24, 2.45) is 10.8 Å². The highest BCUT2D eigenvalue weighted by Crippen LogP contribution is 2.27. The van der Waals surface area contributed by atoms with Crippen molar-refractivity contribution in [3.05, 3.63) is 30.3 Å². The molecule has 4 nitrogen and oxygen atoms in total. The number of hydrogen-bond donors (Lipinski definition) is 1. The van der Waals surface area contributed by atoms with Crippen LogP contribution in [0, 0.1) is 10.8 Å². The number of aliphatic carboxylic acids is 1. The lowest BCUT2D eigenvalue weighted by Gasteiger charge is -2.22. The molecule has 6 heteroatoms. The maximum atomic E-state index is 12.3. The van der Waals surface area contributed by atoms with Gasteiger partial charge >= 0.3 is 11.9 Å². The maximum absolute atomic E-state index is 12.3. The lowest BCUT2D eigenvalue weighted by Crippen LogP contribution is -2.29. The van der Waals surface area contributed by atoms with Crippen LogP contribution in [0.3, 0.4) is 0 Å². The molecule has 0 aromatic heterocycles. The van der Waals surface area contributed by atoms with Crippen molar-refractivity contribution < 1.29 is 19.4 Å². The standard InChI is InChI=1S/C21H32O4S2/c1-20(2,18(22)23)11-15-26-13-8-14-27-16-12-21(3,4)19(24)25-17-9-6-5-7-10-17/h5-7,9-10H,8,11-16H2,1-4H3,(H,22,23). The topological polar surface area (TPSA) is 63.6 Å². The van der Waals surface area contributed by atoms with Crippen molar-refractivity contribution in [1.29, 1.82) is 0 Å². The van der Waals surface area contributed by atoms with E-state index in [-0.39, 0.29) is 5.97 Å². The van der Waals surface area contributed by atoms with Crippen LogP contribution >= 0.6 is 23.5 Å². The van der Waals surface area contributed by atoms with Gasteiger partial charge in [0.1, 0.15) is 5.75 Å². The first kappa shape index (κ1) is 23.9. The summed E-state index contributed by atoms with van der Waals surface area (Å²) in [4.78, 5) is 23.4. The van der Waals surface area contributed by atoms with E-state index in [0.29, 0.717) is 12.2 Å². The van der Waals surface area contributed by atoms with Gasteiger partial charge in [-0.05, 0) is 82.1 Å². The fraction of sp³-hybridized carbons (Fsp3) is 0.619. The number of esters is 1. The Morgan fingerprint density at radius 1 is 0.889 bits per heavy atom. The molecular formula is C21H32O4S2. The Kier molecular flexibility index (Phi) is 10.3. The second kappa shape index (κ2) is 11.6. The molecule has 0 radical (unpaired) electrons. The molecule has 0 unspecified atom stereocenters. The molecule has 0 saturated heterocycles. The zero-order valence-corrected chi connectivity index (χ0v) is 18.5. The fourth-order valence-corrected chi connectivity index (χ4v) is 4.66. The van der Waals surface area contributed by atoms with Crippen molar-refractivity contribution in [2.75, 3.05) is 23.0 Å². The van der Waals surface area contributed by atoms with Crippen LogP contribution in [0.1, 0.15) is 47.0 Å². The SMILES string of the molecule is CC(C)(CCSCCCSCCC(C)(C)C(=O)Oc1ccccc1)C(=O)O. The van der Waals surface area contributed by atoms with E-state index in [9.17, 15) is 9.59 Å². The van der Waals surface area contributed by atoms with Gasteiger partial charge in [0.05, 0.1) is 10.8 Å². The number of carboxylic acid groups (broad SMARTS) is 1. The second-order valence-corrected chi connectivity index (χ2v) is 10.3. The predicted molar refractivity (Wildman–Crippen MR) is 116 cm³/mol. The van der Waals surface area contributed by atoms with Gasteiger partial charge in [0.2, 0.25) is 0 Å². The monoisotopic (exact) mass is 412 g/mol. The molecule has 1 aromatic carbocycles. The molecule has 0 heterocycles. The lowest BCUT2D eigenvalue weighted by molar-refractivity contribution is -0.147. The average molecular weight is 413 g/mol. The Morgan fingerprint density at radius 2 is 1.41 bits per heavy atom. The smallest absolute Gasteiger partial charge is 0.316 e. The van der Waals surface area contributed by atoms with Crippen molar-refractivity contribution in [1.82, 2.24) is 0 Å². The zero-order valence-electron chi connectivity index (χ0n) is 16.8. The number of carbonyl (C=O) groups is 2. The number of rotatable bonds is 13. The van der Waals surface area contributed by atoms with Crippen molar-refractivity contribution >= 4 is 35.5 Å². The van der Waals surface area contributed by atoms with Gasteiger partial charge in [0, 0.05) is 0 Å². The Hall–Kier alpha value is -1.14. The first-order valence-corrected chi connectivity index (χ1v) is 11.6. The van der Waals surface area contributed by atoms with Crippen LogP contribution in [0.5, 0.6) is 5.75 Å². The molecule has 1 rings (SSSR count). The van der Waals surface area contributed by atoms with Gasteiger partial charge in [-0.3, -0.25) is 9.59 Å². The van der Waals surface area contributed by atoms with Crippen LogP contribution in [0.15, 0.2) is 30.3 Å². The second-order valence-electron chi connectivity index (χ2n) is 7.85. The van der Waals surface area contributed by atoms with E-state index in [2.05, 4.69) is 0 Å². The third kappa shape index (κ3) is 9.56. The summed E-state index contributed by atoms with van der Waals surface area (Å²) in [6.45, 7) is 7.41. The van der Waals surface area contributed by atoms with Crippen LogP contribution in [0.2, 0.25) is 0 Å². The van der Waals surface area contributed by atoms with Crippen LogP contribution in [-0.2, 0) is 9.59 Å². The number of carboxylic acids is 1. The largest absolute Gasteiger partial charge is 0.481 e. The van der Waals surface area contributed by atoms with Gasteiger partial charge in [-0.15, -0.1) is 0 Å². The van der Waals surface area contributed by atoms with E-state index in [1.807, 2.05) is 55.6 Å². The fourth-order valence-electron chi connectivity index (χ4n) is 2.06. The molecule has 0 spiro atoms. The molecule has 27 heavy (non-hydrogen) atoms. The third-order valence-corrected chi connectivity index (χ3v) is 6.55. The highest BCUT2D eigenvalue weighted by Gasteiger charge is 2.29. The first-order chi connectivity index (χ1) is 12.6. The molecule has 0 aliphatic heterocycles. The van der Waals surface area contributed by atoms with Crippen LogP contribution in [-0.4, -0.2) is 40.1 Å². The van der Waals surface area contributed by atoms with E-state index >= 15 is 0 Å². The molecule has 0 aliphatic carbocycles. The first-order valence-electron chi connectivity index (χ1n) is 9.31. The van der Waals surface area contributed by atoms with Gasteiger partial charge in [-0.1, -0.05) is 18.2 Å². The van der Waals surface area contributed by atoms with Crippen molar-refractivity contribution in [3.8, 4) is 5.75 Å². The highest BCUT2D eigenvalue weighted by molar-refractivity contribution is 8.00. The van der Waals surface area contributed by atoms with E-state index in [1.165, 1.54) is 0 Å². The number of carbonyl (C=O) groups excluding carboxylic acids is 1. The molecule has 1 N–H and O–H groups in total. The summed E-state index contributed by atoms with van der Waals surface area (Å²) in [6.07, 6.45) is 2.57. The molecule has 1 aromatic rings. The van der Waals surface area contributed by atoms with E-state index in [4.69, 9.17) is 9.84 Å². The Balaban J connectivity index is 2.11. The minimum atomic E-state index is -0.730. The van der Waals surface area contributed by atoms with E-state index < -0.39 is 16.8 Å². The molecule has 152 valence electrons. The van der Waals surface area contributed by atoms with Gasteiger partial charge in [0.25, 0.3) is 0 Å². The summed E-state index contributed by atoms with van der Waals surface area (Å²) in [5, 5.41) is 9.08. The normalized spacial score (nSPS) is 12.0. The molecule has 0 aliphatic rings. The number of benzene rings is 1. The van der Waals surface area contributed by atoms with Crippen LogP contribution < -0.4 is 4.74 Å². The Morgan fingerprint density at radius 3 is 1.93 bits per heavy atom. The summed E-state index contributed by atoms with van der Waals surface area (Å²) in [5.41, 5.74) is -1.14. The van der Waals surface area contributed by atoms with Crippen LogP contribution in [0.4, 0.5) is 0 Å². The quantitative estimate of drug-likeness (QED) is 0.267.